The summed E-state index contributed by atoms with van der Waals surface area (Å²) in [5, 5.41) is 0. The van der Waals surface area contributed by atoms with Crippen LogP contribution in [0.1, 0.15) is 59.8 Å². The van der Waals surface area contributed by atoms with Crippen LogP contribution in [0, 0.1) is 23.2 Å². The van der Waals surface area contributed by atoms with E-state index in [-0.39, 0.29) is 0 Å². The van der Waals surface area contributed by atoms with Crippen LogP contribution in [-0.2, 0) is 4.79 Å². The first-order chi connectivity index (χ1) is 8.86. The van der Waals surface area contributed by atoms with Crippen molar-refractivity contribution in [3.8, 4) is 0 Å². The standard InChI is InChI=1S/C17H31NO/c1-13-5-6-16(19)14(11-13)12-18-9-7-15(8-10-18)17(2,3)4/h13-15H,5-12H2,1-4H3. The summed E-state index contributed by atoms with van der Waals surface area (Å²) in [5.74, 6) is 2.45. The highest BCUT2D eigenvalue weighted by Gasteiger charge is 2.32. The average molecular weight is 265 g/mol. The first-order valence-electron chi connectivity index (χ1n) is 8.11. The van der Waals surface area contributed by atoms with Gasteiger partial charge in [-0.2, -0.15) is 0 Å². The Morgan fingerprint density at radius 1 is 1.16 bits per heavy atom. The zero-order valence-electron chi connectivity index (χ0n) is 13.2. The lowest BCUT2D eigenvalue weighted by atomic mass is 9.75. The summed E-state index contributed by atoms with van der Waals surface area (Å²) < 4.78 is 0. The third-order valence-corrected chi connectivity index (χ3v) is 5.32. The Kier molecular flexibility index (Phi) is 4.70. The number of rotatable bonds is 2. The van der Waals surface area contributed by atoms with E-state index < -0.39 is 0 Å². The lowest BCUT2D eigenvalue weighted by Gasteiger charge is -2.40. The van der Waals surface area contributed by atoms with Crippen molar-refractivity contribution in [2.24, 2.45) is 23.2 Å². The summed E-state index contributed by atoms with van der Waals surface area (Å²) in [6, 6.07) is 0. The predicted molar refractivity (Wildman–Crippen MR) is 80.1 cm³/mol. The average Bonchev–Trinajstić information content (AvgIpc) is 2.33. The number of likely N-dealkylation sites (tertiary alicyclic amines) is 1. The van der Waals surface area contributed by atoms with Gasteiger partial charge in [0, 0.05) is 18.9 Å². The number of hydrogen-bond acceptors (Lipinski definition) is 2. The summed E-state index contributed by atoms with van der Waals surface area (Å²) in [7, 11) is 0. The van der Waals surface area contributed by atoms with Gasteiger partial charge in [0.15, 0.2) is 0 Å². The highest BCUT2D eigenvalue weighted by atomic mass is 16.1. The molecular weight excluding hydrogens is 234 g/mol. The Bertz CT molecular complexity index is 310. The monoisotopic (exact) mass is 265 g/mol. The second-order valence-electron chi connectivity index (χ2n) is 7.98. The molecule has 0 bridgehead atoms. The van der Waals surface area contributed by atoms with Gasteiger partial charge in [-0.25, -0.2) is 0 Å². The quantitative estimate of drug-likeness (QED) is 0.758. The summed E-state index contributed by atoms with van der Waals surface area (Å²) in [4.78, 5) is 14.6. The topological polar surface area (TPSA) is 20.3 Å². The third-order valence-electron chi connectivity index (χ3n) is 5.32. The first-order valence-corrected chi connectivity index (χ1v) is 8.11. The summed E-state index contributed by atoms with van der Waals surface area (Å²) in [6.07, 6.45) is 5.67. The molecule has 110 valence electrons. The Hall–Kier alpha value is -0.370. The van der Waals surface area contributed by atoms with E-state index in [1.165, 1.54) is 25.9 Å². The molecule has 2 atom stereocenters. The maximum atomic E-state index is 12.0. The molecule has 19 heavy (non-hydrogen) atoms. The Balaban J connectivity index is 1.80. The van der Waals surface area contributed by atoms with Gasteiger partial charge < -0.3 is 4.90 Å². The van der Waals surface area contributed by atoms with Crippen molar-refractivity contribution in [1.29, 1.82) is 0 Å². The lowest BCUT2D eigenvalue weighted by molar-refractivity contribution is -0.126. The van der Waals surface area contributed by atoms with E-state index in [1.54, 1.807) is 0 Å². The van der Waals surface area contributed by atoms with Gasteiger partial charge in [0.25, 0.3) is 0 Å². The van der Waals surface area contributed by atoms with E-state index in [0.29, 0.717) is 17.1 Å². The van der Waals surface area contributed by atoms with E-state index in [1.807, 2.05) is 0 Å². The molecule has 1 heterocycles. The Morgan fingerprint density at radius 3 is 2.37 bits per heavy atom. The van der Waals surface area contributed by atoms with Crippen molar-refractivity contribution in [2.75, 3.05) is 19.6 Å². The molecule has 0 aromatic heterocycles. The molecule has 2 nitrogen and oxygen atoms in total. The van der Waals surface area contributed by atoms with Gasteiger partial charge in [-0.1, -0.05) is 27.7 Å². The van der Waals surface area contributed by atoms with E-state index in [9.17, 15) is 4.79 Å². The fourth-order valence-electron chi connectivity index (χ4n) is 3.80. The zero-order chi connectivity index (χ0) is 14.0. The van der Waals surface area contributed by atoms with E-state index >= 15 is 0 Å². The first kappa shape index (κ1) is 15.0. The number of hydrogen-bond donors (Lipinski definition) is 0. The van der Waals surface area contributed by atoms with Crippen LogP contribution >= 0.6 is 0 Å². The molecule has 2 unspecified atom stereocenters. The minimum Gasteiger partial charge on any atom is -0.303 e. The molecule has 2 rings (SSSR count). The molecule has 1 aliphatic carbocycles. The summed E-state index contributed by atoms with van der Waals surface area (Å²) >= 11 is 0. The van der Waals surface area contributed by atoms with Crippen LogP contribution in [0.3, 0.4) is 0 Å². The van der Waals surface area contributed by atoms with Crippen molar-refractivity contribution in [1.82, 2.24) is 4.90 Å². The molecule has 0 radical (unpaired) electrons. The van der Waals surface area contributed by atoms with Gasteiger partial charge >= 0.3 is 0 Å². The number of carbonyl (C=O) groups excluding carboxylic acids is 1. The van der Waals surface area contributed by atoms with Crippen molar-refractivity contribution >= 4 is 5.78 Å². The van der Waals surface area contributed by atoms with Crippen molar-refractivity contribution < 1.29 is 4.79 Å². The molecule has 0 amide bonds. The summed E-state index contributed by atoms with van der Waals surface area (Å²) in [5.41, 5.74) is 0.446. The zero-order valence-corrected chi connectivity index (χ0v) is 13.2. The molecule has 1 saturated carbocycles. The minimum atomic E-state index is 0.329. The van der Waals surface area contributed by atoms with Gasteiger partial charge in [0.2, 0.25) is 0 Å². The number of ketones is 1. The van der Waals surface area contributed by atoms with E-state index in [2.05, 4.69) is 32.6 Å². The van der Waals surface area contributed by atoms with Crippen molar-refractivity contribution in [3.63, 3.8) is 0 Å². The largest absolute Gasteiger partial charge is 0.303 e. The predicted octanol–water partition coefficient (Wildman–Crippen LogP) is 3.75. The number of Topliss-reactive ketones (excluding diaryl/α,β-unsaturated/α-hetero) is 1. The van der Waals surface area contributed by atoms with Crippen molar-refractivity contribution in [2.45, 2.75) is 59.8 Å². The second-order valence-corrected chi connectivity index (χ2v) is 7.98. The maximum Gasteiger partial charge on any atom is 0.137 e. The van der Waals surface area contributed by atoms with Gasteiger partial charge in [-0.15, -0.1) is 0 Å². The molecule has 0 aromatic rings. The number of carbonyl (C=O) groups is 1. The maximum absolute atomic E-state index is 12.0. The fourth-order valence-corrected chi connectivity index (χ4v) is 3.80. The Labute approximate surface area is 118 Å². The lowest BCUT2D eigenvalue weighted by Crippen LogP contribution is -2.42. The number of piperidine rings is 1. The second kappa shape index (κ2) is 5.95. The van der Waals surface area contributed by atoms with Crippen LogP contribution in [0.2, 0.25) is 0 Å². The third kappa shape index (κ3) is 4.05. The molecule has 2 fully saturated rings. The van der Waals surface area contributed by atoms with Gasteiger partial charge in [-0.3, -0.25) is 4.79 Å². The van der Waals surface area contributed by atoms with Crippen LogP contribution in [0.25, 0.3) is 0 Å². The molecule has 2 heteroatoms. The molecule has 2 aliphatic rings. The van der Waals surface area contributed by atoms with Gasteiger partial charge in [0.05, 0.1) is 0 Å². The van der Waals surface area contributed by atoms with E-state index in [4.69, 9.17) is 0 Å². The molecule has 0 aromatic carbocycles. The SMILES string of the molecule is CC1CCC(=O)C(CN2CCC(C(C)(C)C)CC2)C1. The minimum absolute atomic E-state index is 0.329. The number of nitrogens with zero attached hydrogens (tertiary/aromatic N) is 1. The summed E-state index contributed by atoms with van der Waals surface area (Å²) in [6.45, 7) is 12.8. The molecule has 1 aliphatic heterocycles. The van der Waals surface area contributed by atoms with Crippen LogP contribution in [0.5, 0.6) is 0 Å². The highest BCUT2D eigenvalue weighted by Crippen LogP contribution is 2.35. The van der Waals surface area contributed by atoms with Crippen LogP contribution < -0.4 is 0 Å². The molecule has 0 N–H and O–H groups in total. The van der Waals surface area contributed by atoms with Crippen molar-refractivity contribution in [3.05, 3.63) is 0 Å². The van der Waals surface area contributed by atoms with Gasteiger partial charge in [0.1, 0.15) is 5.78 Å². The van der Waals surface area contributed by atoms with Crippen LogP contribution in [0.4, 0.5) is 0 Å². The molecule has 0 spiro atoms. The molecular formula is C17H31NO. The highest BCUT2D eigenvalue weighted by molar-refractivity contribution is 5.81. The molecule has 1 saturated heterocycles. The van der Waals surface area contributed by atoms with Crippen LogP contribution in [-0.4, -0.2) is 30.3 Å². The smallest absolute Gasteiger partial charge is 0.137 e. The van der Waals surface area contributed by atoms with Crippen LogP contribution in [0.15, 0.2) is 0 Å². The van der Waals surface area contributed by atoms with Gasteiger partial charge in [-0.05, 0) is 56.0 Å². The normalized spacial score (nSPS) is 31.7. The Morgan fingerprint density at radius 2 is 1.79 bits per heavy atom. The van der Waals surface area contributed by atoms with E-state index in [0.717, 1.165) is 37.6 Å². The fraction of sp³-hybridized carbons (Fsp3) is 0.941.